The normalized spacial score (nSPS) is 10.1. The number of halogens is 1. The van der Waals surface area contributed by atoms with E-state index in [1.54, 1.807) is 25.3 Å². The van der Waals surface area contributed by atoms with Crippen LogP contribution in [-0.2, 0) is 9.47 Å². The van der Waals surface area contributed by atoms with Gasteiger partial charge < -0.3 is 14.2 Å². The molecule has 0 heterocycles. The molecule has 0 atom stereocenters. The van der Waals surface area contributed by atoms with Gasteiger partial charge in [0.15, 0.2) is 0 Å². The van der Waals surface area contributed by atoms with Crippen molar-refractivity contribution in [3.05, 3.63) is 28.8 Å². The monoisotopic (exact) mass is 258 g/mol. The van der Waals surface area contributed by atoms with Crippen molar-refractivity contribution in [2.45, 2.75) is 6.42 Å². The van der Waals surface area contributed by atoms with Crippen molar-refractivity contribution in [1.82, 2.24) is 0 Å². The number of methoxy groups -OCH3 is 2. The van der Waals surface area contributed by atoms with E-state index in [1.165, 1.54) is 7.11 Å². The number of hydrogen-bond donors (Lipinski definition) is 0. The summed E-state index contributed by atoms with van der Waals surface area (Å²) in [5.74, 6) is -0.0103. The number of benzene rings is 1. The topological polar surface area (TPSA) is 44.8 Å². The standard InChI is InChI=1S/C12H15ClO4/c1-15-6-3-7-17-12(14)10-5-4-9(13)8-11(10)16-2/h4-5,8H,3,6-7H2,1-2H3. The molecule has 0 N–H and O–H groups in total. The van der Waals surface area contributed by atoms with Crippen LogP contribution in [0.2, 0.25) is 5.02 Å². The fourth-order valence-corrected chi connectivity index (χ4v) is 1.44. The molecule has 1 aromatic rings. The van der Waals surface area contributed by atoms with Gasteiger partial charge in [0.25, 0.3) is 0 Å². The Morgan fingerprint density at radius 3 is 2.71 bits per heavy atom. The molecular formula is C12H15ClO4. The van der Waals surface area contributed by atoms with Gasteiger partial charge in [-0.25, -0.2) is 4.79 Å². The second kappa shape index (κ2) is 7.14. The molecule has 0 spiro atoms. The van der Waals surface area contributed by atoms with Crippen LogP contribution < -0.4 is 4.74 Å². The fraction of sp³-hybridized carbons (Fsp3) is 0.417. The summed E-state index contributed by atoms with van der Waals surface area (Å²) in [6.07, 6.45) is 0.665. The van der Waals surface area contributed by atoms with E-state index in [0.29, 0.717) is 36.0 Å². The van der Waals surface area contributed by atoms with Crippen LogP contribution in [0.5, 0.6) is 5.75 Å². The molecule has 94 valence electrons. The van der Waals surface area contributed by atoms with Crippen molar-refractivity contribution in [2.24, 2.45) is 0 Å². The highest BCUT2D eigenvalue weighted by Gasteiger charge is 2.13. The molecule has 0 aromatic heterocycles. The maximum Gasteiger partial charge on any atom is 0.341 e. The van der Waals surface area contributed by atoms with Gasteiger partial charge >= 0.3 is 5.97 Å². The molecule has 0 aliphatic rings. The predicted octanol–water partition coefficient (Wildman–Crippen LogP) is 2.54. The second-order valence-electron chi connectivity index (χ2n) is 3.33. The molecule has 1 rings (SSSR count). The van der Waals surface area contributed by atoms with Gasteiger partial charge in [0.1, 0.15) is 11.3 Å². The third-order valence-electron chi connectivity index (χ3n) is 2.11. The molecule has 1 aromatic carbocycles. The maximum absolute atomic E-state index is 11.7. The Hall–Kier alpha value is -1.26. The number of hydrogen-bond acceptors (Lipinski definition) is 4. The smallest absolute Gasteiger partial charge is 0.341 e. The Morgan fingerprint density at radius 1 is 1.29 bits per heavy atom. The van der Waals surface area contributed by atoms with Crippen molar-refractivity contribution in [1.29, 1.82) is 0 Å². The number of rotatable bonds is 6. The summed E-state index contributed by atoms with van der Waals surface area (Å²) in [4.78, 5) is 11.7. The molecule has 0 bridgehead atoms. The van der Waals surface area contributed by atoms with Gasteiger partial charge in [-0.05, 0) is 18.2 Å². The first kappa shape index (κ1) is 13.8. The average Bonchev–Trinajstić information content (AvgIpc) is 2.34. The van der Waals surface area contributed by atoms with E-state index < -0.39 is 5.97 Å². The molecular weight excluding hydrogens is 244 g/mol. The Labute approximate surface area is 105 Å². The van der Waals surface area contributed by atoms with Crippen LogP contribution in [0.1, 0.15) is 16.8 Å². The number of ether oxygens (including phenoxy) is 3. The first-order valence-electron chi connectivity index (χ1n) is 5.18. The lowest BCUT2D eigenvalue weighted by molar-refractivity contribution is 0.0465. The molecule has 0 saturated carbocycles. The van der Waals surface area contributed by atoms with Gasteiger partial charge in [-0.2, -0.15) is 0 Å². The lowest BCUT2D eigenvalue weighted by Crippen LogP contribution is -2.09. The molecule has 0 aliphatic heterocycles. The lowest BCUT2D eigenvalue weighted by Gasteiger charge is -2.08. The zero-order valence-corrected chi connectivity index (χ0v) is 10.6. The van der Waals surface area contributed by atoms with E-state index in [4.69, 9.17) is 25.8 Å². The zero-order chi connectivity index (χ0) is 12.7. The minimum atomic E-state index is -0.422. The van der Waals surface area contributed by atoms with Crippen LogP contribution in [-0.4, -0.2) is 33.4 Å². The minimum absolute atomic E-state index is 0.318. The van der Waals surface area contributed by atoms with Gasteiger partial charge in [-0.15, -0.1) is 0 Å². The lowest BCUT2D eigenvalue weighted by atomic mass is 10.2. The molecule has 4 nitrogen and oxygen atoms in total. The first-order chi connectivity index (χ1) is 8.19. The van der Waals surface area contributed by atoms with Gasteiger partial charge in [-0.1, -0.05) is 11.6 Å². The van der Waals surface area contributed by atoms with E-state index in [2.05, 4.69) is 0 Å². The average molecular weight is 259 g/mol. The predicted molar refractivity (Wildman–Crippen MR) is 64.8 cm³/mol. The SMILES string of the molecule is COCCCOC(=O)c1ccc(Cl)cc1OC. The van der Waals surface area contributed by atoms with Gasteiger partial charge in [0, 0.05) is 25.2 Å². The summed E-state index contributed by atoms with van der Waals surface area (Å²) < 4.78 is 15.0. The fourth-order valence-electron chi connectivity index (χ4n) is 1.28. The quantitative estimate of drug-likeness (QED) is 0.581. The van der Waals surface area contributed by atoms with E-state index in [0.717, 1.165) is 0 Å². The van der Waals surface area contributed by atoms with Crippen LogP contribution >= 0.6 is 11.6 Å². The van der Waals surface area contributed by atoms with Gasteiger partial charge in [0.2, 0.25) is 0 Å². The van der Waals surface area contributed by atoms with Gasteiger partial charge in [-0.3, -0.25) is 0 Å². The molecule has 17 heavy (non-hydrogen) atoms. The van der Waals surface area contributed by atoms with Crippen LogP contribution in [0.3, 0.4) is 0 Å². The summed E-state index contributed by atoms with van der Waals surface area (Å²) in [6, 6.07) is 4.78. The highest BCUT2D eigenvalue weighted by atomic mass is 35.5. The second-order valence-corrected chi connectivity index (χ2v) is 3.76. The van der Waals surface area contributed by atoms with E-state index in [1.807, 2.05) is 0 Å². The first-order valence-corrected chi connectivity index (χ1v) is 5.56. The van der Waals surface area contributed by atoms with Crippen molar-refractivity contribution in [2.75, 3.05) is 27.4 Å². The third-order valence-corrected chi connectivity index (χ3v) is 2.34. The van der Waals surface area contributed by atoms with Crippen LogP contribution in [0.4, 0.5) is 0 Å². The van der Waals surface area contributed by atoms with E-state index >= 15 is 0 Å². The Balaban J connectivity index is 2.62. The molecule has 0 amide bonds. The molecule has 5 heteroatoms. The molecule has 0 aliphatic carbocycles. The molecule has 0 unspecified atom stereocenters. The number of carbonyl (C=O) groups excluding carboxylic acids is 1. The Bertz CT molecular complexity index is 379. The maximum atomic E-state index is 11.7. The van der Waals surface area contributed by atoms with Crippen molar-refractivity contribution >= 4 is 17.6 Å². The van der Waals surface area contributed by atoms with Crippen molar-refractivity contribution < 1.29 is 19.0 Å². The Morgan fingerprint density at radius 2 is 2.06 bits per heavy atom. The third kappa shape index (κ3) is 4.24. The van der Waals surface area contributed by atoms with Crippen LogP contribution in [0.25, 0.3) is 0 Å². The highest BCUT2D eigenvalue weighted by Crippen LogP contribution is 2.23. The zero-order valence-electron chi connectivity index (χ0n) is 9.86. The summed E-state index contributed by atoms with van der Waals surface area (Å²) in [7, 11) is 3.08. The number of carbonyl (C=O) groups is 1. The summed E-state index contributed by atoms with van der Waals surface area (Å²) in [5.41, 5.74) is 0.370. The molecule has 0 fully saturated rings. The summed E-state index contributed by atoms with van der Waals surface area (Å²) in [5, 5.41) is 0.512. The van der Waals surface area contributed by atoms with Crippen molar-refractivity contribution in [3.8, 4) is 5.75 Å². The van der Waals surface area contributed by atoms with Crippen LogP contribution in [0, 0.1) is 0 Å². The van der Waals surface area contributed by atoms with Crippen molar-refractivity contribution in [3.63, 3.8) is 0 Å². The van der Waals surface area contributed by atoms with Gasteiger partial charge in [0.05, 0.1) is 13.7 Å². The van der Waals surface area contributed by atoms with E-state index in [9.17, 15) is 4.79 Å². The highest BCUT2D eigenvalue weighted by molar-refractivity contribution is 6.30. The largest absolute Gasteiger partial charge is 0.496 e. The van der Waals surface area contributed by atoms with Crippen LogP contribution in [0.15, 0.2) is 18.2 Å². The summed E-state index contributed by atoms with van der Waals surface area (Å²) in [6.45, 7) is 0.878. The summed E-state index contributed by atoms with van der Waals surface area (Å²) >= 11 is 5.80. The Kier molecular flexibility index (Phi) is 5.80. The van der Waals surface area contributed by atoms with E-state index in [-0.39, 0.29) is 0 Å². The minimum Gasteiger partial charge on any atom is -0.496 e. The molecule has 0 saturated heterocycles. The number of esters is 1. The molecule has 0 radical (unpaired) electrons.